The first kappa shape index (κ1) is 17.7. The summed E-state index contributed by atoms with van der Waals surface area (Å²) in [7, 11) is 0. The lowest BCUT2D eigenvalue weighted by molar-refractivity contribution is 0.0210. The van der Waals surface area contributed by atoms with Crippen LogP contribution in [0.3, 0.4) is 0 Å². The fourth-order valence-corrected chi connectivity index (χ4v) is 3.07. The van der Waals surface area contributed by atoms with Crippen molar-refractivity contribution in [2.75, 3.05) is 18.4 Å². The van der Waals surface area contributed by atoms with Crippen LogP contribution < -0.4 is 5.32 Å². The van der Waals surface area contributed by atoms with Crippen LogP contribution in [-0.2, 0) is 4.74 Å². The first-order valence-corrected chi connectivity index (χ1v) is 8.85. The van der Waals surface area contributed by atoms with Gasteiger partial charge in [-0.3, -0.25) is 4.98 Å². The van der Waals surface area contributed by atoms with Gasteiger partial charge in [0.25, 0.3) is 0 Å². The zero-order valence-electron chi connectivity index (χ0n) is 14.8. The number of hydrogen-bond acceptors (Lipinski definition) is 5. The van der Waals surface area contributed by atoms with Gasteiger partial charge in [0, 0.05) is 36.8 Å². The van der Waals surface area contributed by atoms with E-state index in [1.807, 2.05) is 32.9 Å². The van der Waals surface area contributed by atoms with E-state index < -0.39 is 5.60 Å². The molecule has 3 rings (SSSR count). The zero-order valence-corrected chi connectivity index (χ0v) is 15.5. The number of aromatic nitrogens is 2. The third kappa shape index (κ3) is 4.51. The van der Waals surface area contributed by atoms with Gasteiger partial charge in [0.1, 0.15) is 16.6 Å². The fourth-order valence-electron chi connectivity index (χ4n) is 2.88. The molecule has 2 aromatic heterocycles. The quantitative estimate of drug-likeness (QED) is 0.815. The third-order valence-electron chi connectivity index (χ3n) is 4.06. The number of piperidine rings is 1. The highest BCUT2D eigenvalue weighted by atomic mass is 35.5. The minimum atomic E-state index is -0.469. The Kier molecular flexibility index (Phi) is 4.99. The molecule has 3 heterocycles. The van der Waals surface area contributed by atoms with Crippen molar-refractivity contribution in [2.24, 2.45) is 0 Å². The average Bonchev–Trinajstić information content (AvgIpc) is 2.53. The second kappa shape index (κ2) is 7.04. The van der Waals surface area contributed by atoms with Crippen LogP contribution in [0.15, 0.2) is 24.4 Å². The average molecular weight is 363 g/mol. The van der Waals surface area contributed by atoms with Crippen molar-refractivity contribution in [1.82, 2.24) is 14.9 Å². The van der Waals surface area contributed by atoms with Gasteiger partial charge in [-0.1, -0.05) is 11.6 Å². The summed E-state index contributed by atoms with van der Waals surface area (Å²) in [4.78, 5) is 22.6. The predicted octanol–water partition coefficient (Wildman–Crippen LogP) is 4.09. The molecule has 1 N–H and O–H groups in total. The largest absolute Gasteiger partial charge is 0.444 e. The van der Waals surface area contributed by atoms with Crippen molar-refractivity contribution in [3.63, 3.8) is 0 Å². The summed E-state index contributed by atoms with van der Waals surface area (Å²) in [6.07, 6.45) is 3.15. The van der Waals surface area contributed by atoms with Gasteiger partial charge in [0.15, 0.2) is 0 Å². The van der Waals surface area contributed by atoms with Gasteiger partial charge >= 0.3 is 6.09 Å². The maximum Gasteiger partial charge on any atom is 0.410 e. The number of amides is 1. The number of hydrogen-bond donors (Lipinski definition) is 1. The molecule has 0 aromatic carbocycles. The van der Waals surface area contributed by atoms with E-state index in [1.165, 1.54) is 0 Å². The molecule has 25 heavy (non-hydrogen) atoms. The summed E-state index contributed by atoms with van der Waals surface area (Å²) in [6, 6.07) is 5.85. The Bertz CT molecular complexity index is 767. The Morgan fingerprint density at radius 3 is 2.76 bits per heavy atom. The van der Waals surface area contributed by atoms with Crippen LogP contribution in [0.2, 0.25) is 5.15 Å². The van der Waals surface area contributed by atoms with Crippen LogP contribution in [0, 0.1) is 0 Å². The summed E-state index contributed by atoms with van der Waals surface area (Å²) in [5, 5.41) is 4.82. The van der Waals surface area contributed by atoms with Gasteiger partial charge in [-0.05, 0) is 45.7 Å². The zero-order chi connectivity index (χ0) is 18.0. The lowest BCUT2D eigenvalue weighted by Gasteiger charge is -2.34. The van der Waals surface area contributed by atoms with E-state index in [4.69, 9.17) is 16.3 Å². The van der Waals surface area contributed by atoms with Crippen molar-refractivity contribution in [1.29, 1.82) is 0 Å². The summed E-state index contributed by atoms with van der Waals surface area (Å²) < 4.78 is 5.43. The number of rotatable bonds is 2. The molecule has 1 aliphatic heterocycles. The molecule has 0 saturated carbocycles. The Hall–Kier alpha value is -2.08. The van der Waals surface area contributed by atoms with Crippen LogP contribution in [0.4, 0.5) is 10.6 Å². The second-order valence-corrected chi connectivity index (χ2v) is 7.64. The molecule has 1 amide bonds. The molecule has 0 bridgehead atoms. The maximum absolute atomic E-state index is 12.1. The van der Waals surface area contributed by atoms with Crippen molar-refractivity contribution >= 4 is 34.4 Å². The molecule has 7 heteroatoms. The van der Waals surface area contributed by atoms with Crippen molar-refractivity contribution in [2.45, 2.75) is 45.3 Å². The van der Waals surface area contributed by atoms with E-state index in [1.54, 1.807) is 17.2 Å². The Morgan fingerprint density at radius 1 is 1.36 bits per heavy atom. The first-order valence-electron chi connectivity index (χ1n) is 8.47. The molecule has 6 nitrogen and oxygen atoms in total. The van der Waals surface area contributed by atoms with E-state index >= 15 is 0 Å². The normalized spacial score (nSPS) is 16.1. The van der Waals surface area contributed by atoms with Crippen molar-refractivity contribution in [3.05, 3.63) is 29.5 Å². The van der Waals surface area contributed by atoms with E-state index in [0.29, 0.717) is 18.2 Å². The number of ether oxygens (including phenoxy) is 1. The molecule has 1 fully saturated rings. The van der Waals surface area contributed by atoms with E-state index in [9.17, 15) is 4.79 Å². The molecule has 0 atom stereocenters. The van der Waals surface area contributed by atoms with Crippen LogP contribution >= 0.6 is 11.6 Å². The fraction of sp³-hybridized carbons (Fsp3) is 0.500. The lowest BCUT2D eigenvalue weighted by Crippen LogP contribution is -2.44. The van der Waals surface area contributed by atoms with Gasteiger partial charge in [0.05, 0.1) is 5.52 Å². The molecular weight excluding hydrogens is 340 g/mol. The molecule has 1 saturated heterocycles. The standard InChI is InChI=1S/C18H23ClN4O2/c1-18(2,3)25-17(24)23-9-6-12(7-10-23)21-16-13-5-4-8-20-14(13)11-15(19)22-16/h4-5,8,11-12H,6-7,9-10H2,1-3H3,(H,21,22). The summed E-state index contributed by atoms with van der Waals surface area (Å²) >= 11 is 6.11. The maximum atomic E-state index is 12.1. The number of anilines is 1. The first-order chi connectivity index (χ1) is 11.8. The highest BCUT2D eigenvalue weighted by Crippen LogP contribution is 2.25. The molecular formula is C18H23ClN4O2. The monoisotopic (exact) mass is 362 g/mol. The highest BCUT2D eigenvalue weighted by Gasteiger charge is 2.27. The summed E-state index contributed by atoms with van der Waals surface area (Å²) in [6.45, 7) is 6.95. The Labute approximate surface area is 152 Å². The van der Waals surface area contributed by atoms with Crippen molar-refractivity contribution < 1.29 is 9.53 Å². The number of pyridine rings is 2. The number of fused-ring (bicyclic) bond motifs is 1. The molecule has 0 aliphatic carbocycles. The van der Waals surface area contributed by atoms with Crippen LogP contribution in [-0.4, -0.2) is 45.7 Å². The van der Waals surface area contributed by atoms with Crippen molar-refractivity contribution in [3.8, 4) is 0 Å². The Balaban J connectivity index is 1.64. The number of likely N-dealkylation sites (tertiary alicyclic amines) is 1. The van der Waals surface area contributed by atoms with E-state index in [2.05, 4.69) is 15.3 Å². The van der Waals surface area contributed by atoms with Gasteiger partial charge in [-0.25, -0.2) is 9.78 Å². The van der Waals surface area contributed by atoms with Crippen LogP contribution in [0.5, 0.6) is 0 Å². The second-order valence-electron chi connectivity index (χ2n) is 7.25. The van der Waals surface area contributed by atoms with Gasteiger partial charge in [-0.2, -0.15) is 0 Å². The Morgan fingerprint density at radius 2 is 2.08 bits per heavy atom. The predicted molar refractivity (Wildman–Crippen MR) is 99.0 cm³/mol. The molecule has 0 radical (unpaired) electrons. The minimum absolute atomic E-state index is 0.230. The number of carbonyl (C=O) groups excluding carboxylic acids is 1. The molecule has 0 spiro atoms. The summed E-state index contributed by atoms with van der Waals surface area (Å²) in [5.41, 5.74) is 0.346. The number of carbonyl (C=O) groups is 1. The number of nitrogens with zero attached hydrogens (tertiary/aromatic N) is 3. The van der Waals surface area contributed by atoms with E-state index in [-0.39, 0.29) is 12.1 Å². The van der Waals surface area contributed by atoms with Gasteiger partial charge in [-0.15, -0.1) is 0 Å². The van der Waals surface area contributed by atoms with Gasteiger partial charge in [0.2, 0.25) is 0 Å². The smallest absolute Gasteiger partial charge is 0.410 e. The lowest BCUT2D eigenvalue weighted by atomic mass is 10.1. The molecule has 0 unspecified atom stereocenters. The summed E-state index contributed by atoms with van der Waals surface area (Å²) in [5.74, 6) is 0.742. The van der Waals surface area contributed by atoms with Crippen LogP contribution in [0.1, 0.15) is 33.6 Å². The molecule has 134 valence electrons. The van der Waals surface area contributed by atoms with Crippen LogP contribution in [0.25, 0.3) is 10.9 Å². The third-order valence-corrected chi connectivity index (χ3v) is 4.25. The molecule has 1 aliphatic rings. The number of halogens is 1. The minimum Gasteiger partial charge on any atom is -0.444 e. The topological polar surface area (TPSA) is 67.3 Å². The number of nitrogens with one attached hydrogen (secondary N) is 1. The molecule has 2 aromatic rings. The SMILES string of the molecule is CC(C)(C)OC(=O)N1CCC(Nc2nc(Cl)cc3ncccc23)CC1. The van der Waals surface area contributed by atoms with E-state index in [0.717, 1.165) is 29.6 Å². The highest BCUT2D eigenvalue weighted by molar-refractivity contribution is 6.30. The van der Waals surface area contributed by atoms with Gasteiger partial charge < -0.3 is 15.0 Å².